The monoisotopic (exact) mass is 380 g/mol. The van der Waals surface area contributed by atoms with Crippen molar-refractivity contribution in [1.29, 1.82) is 0 Å². The molecule has 1 heterocycles. The number of hydrogen-bond donors (Lipinski definition) is 2. The number of benzene rings is 2. The second kappa shape index (κ2) is 6.79. The smallest absolute Gasteiger partial charge is 0.416 e. The van der Waals surface area contributed by atoms with Gasteiger partial charge < -0.3 is 15.4 Å². The molecule has 0 radical (unpaired) electrons. The number of hydrogen-bond acceptors (Lipinski definition) is 2. The Morgan fingerprint density at radius 1 is 1.12 bits per heavy atom. The van der Waals surface area contributed by atoms with Crippen LogP contribution in [0.15, 0.2) is 48.5 Å². The van der Waals surface area contributed by atoms with Gasteiger partial charge in [-0.25, -0.2) is 0 Å². The zero-order valence-electron chi connectivity index (χ0n) is 14.4. The number of alkyl halides is 3. The molecule has 0 fully saturated rings. The lowest BCUT2D eigenvalue weighted by Crippen LogP contribution is -2.42. The minimum Gasteiger partial charge on any atom is -0.487 e. The molecule has 0 aromatic heterocycles. The number of rotatable bonds is 2. The molecular formula is C19H19F3N2OS. The lowest BCUT2D eigenvalue weighted by atomic mass is 9.90. The van der Waals surface area contributed by atoms with Crippen LogP contribution in [0.2, 0.25) is 0 Å². The number of nitrogens with one attached hydrogen (secondary N) is 2. The van der Waals surface area contributed by atoms with Crippen molar-refractivity contribution < 1.29 is 17.9 Å². The maximum absolute atomic E-state index is 12.6. The average molecular weight is 380 g/mol. The first kappa shape index (κ1) is 18.5. The van der Waals surface area contributed by atoms with E-state index in [1.54, 1.807) is 0 Å². The van der Waals surface area contributed by atoms with Crippen LogP contribution in [-0.4, -0.2) is 10.7 Å². The Bertz CT molecular complexity index is 803. The van der Waals surface area contributed by atoms with Crippen molar-refractivity contribution >= 4 is 23.0 Å². The van der Waals surface area contributed by atoms with Crippen LogP contribution in [0.4, 0.5) is 18.9 Å². The second-order valence-electron chi connectivity index (χ2n) is 6.83. The van der Waals surface area contributed by atoms with E-state index in [1.165, 1.54) is 12.1 Å². The number of halogens is 3. The quantitative estimate of drug-likeness (QED) is 0.693. The molecule has 3 rings (SSSR count). The first-order valence-electron chi connectivity index (χ1n) is 8.17. The summed E-state index contributed by atoms with van der Waals surface area (Å²) in [6.07, 6.45) is -3.65. The molecule has 2 N–H and O–H groups in total. The van der Waals surface area contributed by atoms with Crippen LogP contribution in [0.1, 0.15) is 37.4 Å². The zero-order valence-corrected chi connectivity index (χ0v) is 15.2. The number of ether oxygens (including phenoxy) is 1. The Balaban J connectivity index is 1.70. The van der Waals surface area contributed by atoms with E-state index in [0.29, 0.717) is 17.2 Å². The van der Waals surface area contributed by atoms with E-state index in [2.05, 4.69) is 10.6 Å². The van der Waals surface area contributed by atoms with Gasteiger partial charge in [-0.2, -0.15) is 13.2 Å². The van der Waals surface area contributed by atoms with Crippen LogP contribution in [0.25, 0.3) is 0 Å². The van der Waals surface area contributed by atoms with Crippen molar-refractivity contribution in [3.63, 3.8) is 0 Å². The van der Waals surface area contributed by atoms with Crippen LogP contribution >= 0.6 is 12.2 Å². The molecule has 0 saturated heterocycles. The molecule has 26 heavy (non-hydrogen) atoms. The van der Waals surface area contributed by atoms with Crippen LogP contribution in [-0.2, 0) is 6.18 Å². The highest BCUT2D eigenvalue weighted by Gasteiger charge is 2.34. The van der Waals surface area contributed by atoms with Crippen LogP contribution in [0.5, 0.6) is 5.75 Å². The van der Waals surface area contributed by atoms with Crippen molar-refractivity contribution in [3.05, 3.63) is 59.7 Å². The third kappa shape index (κ3) is 4.27. The van der Waals surface area contributed by atoms with Crippen molar-refractivity contribution in [2.75, 3.05) is 5.32 Å². The van der Waals surface area contributed by atoms with Gasteiger partial charge in [-0.15, -0.1) is 0 Å². The molecule has 1 atom stereocenters. The molecule has 0 unspecified atom stereocenters. The molecule has 3 nitrogen and oxygen atoms in total. The normalized spacial score (nSPS) is 18.4. The molecule has 2 aromatic rings. The molecular weight excluding hydrogens is 361 g/mol. The molecule has 138 valence electrons. The number of thiocarbonyl (C=S) groups is 1. The van der Waals surface area contributed by atoms with Gasteiger partial charge in [-0.3, -0.25) is 0 Å². The highest BCUT2D eigenvalue weighted by Crippen LogP contribution is 2.39. The van der Waals surface area contributed by atoms with Crippen molar-refractivity contribution in [2.24, 2.45) is 0 Å². The maximum atomic E-state index is 12.6. The lowest BCUT2D eigenvalue weighted by Gasteiger charge is -2.38. The summed E-state index contributed by atoms with van der Waals surface area (Å²) in [7, 11) is 0. The van der Waals surface area contributed by atoms with Crippen LogP contribution < -0.4 is 15.4 Å². The van der Waals surface area contributed by atoms with Crippen LogP contribution in [0.3, 0.4) is 0 Å². The number of anilines is 1. The second-order valence-corrected chi connectivity index (χ2v) is 7.24. The Kier molecular flexibility index (Phi) is 4.84. The molecule has 0 saturated carbocycles. The van der Waals surface area contributed by atoms with E-state index >= 15 is 0 Å². The fourth-order valence-corrected chi connectivity index (χ4v) is 3.26. The lowest BCUT2D eigenvalue weighted by molar-refractivity contribution is -0.137. The van der Waals surface area contributed by atoms with E-state index in [-0.39, 0.29) is 11.6 Å². The standard InChI is InChI=1S/C19H19F3N2OS/c1-18(2)11-15(14-5-3-4-6-16(14)25-18)24-17(26)23-13-9-7-12(8-10-13)19(20,21)22/h3-10,15H,11H2,1-2H3,(H2,23,24,26)/t15-/m1/s1. The van der Waals surface area contributed by atoms with Crippen LogP contribution in [0, 0.1) is 0 Å². The summed E-state index contributed by atoms with van der Waals surface area (Å²) in [6, 6.07) is 12.5. The summed E-state index contributed by atoms with van der Waals surface area (Å²) in [5, 5.41) is 6.53. The van der Waals surface area contributed by atoms with Gasteiger partial charge in [0.15, 0.2) is 5.11 Å². The van der Waals surface area contributed by atoms with Crippen molar-refractivity contribution in [1.82, 2.24) is 5.32 Å². The highest BCUT2D eigenvalue weighted by atomic mass is 32.1. The number of fused-ring (bicyclic) bond motifs is 1. The van der Waals surface area contributed by atoms with Gasteiger partial charge in [0, 0.05) is 17.7 Å². The predicted octanol–water partition coefficient (Wildman–Crippen LogP) is 5.29. The van der Waals surface area contributed by atoms with Crippen molar-refractivity contribution in [3.8, 4) is 5.75 Å². The largest absolute Gasteiger partial charge is 0.487 e. The summed E-state index contributed by atoms with van der Waals surface area (Å²) >= 11 is 5.34. The summed E-state index contributed by atoms with van der Waals surface area (Å²) < 4.78 is 43.9. The predicted molar refractivity (Wildman–Crippen MR) is 99.3 cm³/mol. The van der Waals surface area contributed by atoms with Gasteiger partial charge in [0.25, 0.3) is 0 Å². The molecule has 1 aliphatic rings. The molecule has 7 heteroatoms. The van der Waals surface area contributed by atoms with Gasteiger partial charge >= 0.3 is 6.18 Å². The Hall–Kier alpha value is -2.28. The SMILES string of the molecule is CC1(C)C[C@@H](NC(=S)Nc2ccc(C(F)(F)F)cc2)c2ccccc2O1. The fraction of sp³-hybridized carbons (Fsp3) is 0.316. The van der Waals surface area contributed by atoms with Gasteiger partial charge in [0.2, 0.25) is 0 Å². The van der Waals surface area contributed by atoms with Gasteiger partial charge in [-0.05, 0) is 56.4 Å². The Morgan fingerprint density at radius 3 is 2.42 bits per heavy atom. The minimum atomic E-state index is -4.35. The Morgan fingerprint density at radius 2 is 1.77 bits per heavy atom. The Labute approximate surface area is 155 Å². The topological polar surface area (TPSA) is 33.3 Å². The van der Waals surface area contributed by atoms with Gasteiger partial charge in [0.05, 0.1) is 11.6 Å². The molecule has 0 spiro atoms. The summed E-state index contributed by atoms with van der Waals surface area (Å²) in [6.45, 7) is 4.01. The minimum absolute atomic E-state index is 0.0515. The molecule has 2 aromatic carbocycles. The average Bonchev–Trinajstić information content (AvgIpc) is 2.53. The fourth-order valence-electron chi connectivity index (χ4n) is 3.00. The first-order valence-corrected chi connectivity index (χ1v) is 8.58. The third-order valence-corrected chi connectivity index (χ3v) is 4.37. The zero-order chi connectivity index (χ0) is 18.9. The maximum Gasteiger partial charge on any atom is 0.416 e. The highest BCUT2D eigenvalue weighted by molar-refractivity contribution is 7.80. The van der Waals surface area contributed by atoms with Gasteiger partial charge in [-0.1, -0.05) is 18.2 Å². The summed E-state index contributed by atoms with van der Waals surface area (Å²) in [4.78, 5) is 0. The first-order chi connectivity index (χ1) is 12.1. The summed E-state index contributed by atoms with van der Waals surface area (Å²) in [5.41, 5.74) is 0.455. The van der Waals surface area contributed by atoms with E-state index in [4.69, 9.17) is 17.0 Å². The summed E-state index contributed by atoms with van der Waals surface area (Å²) in [5.74, 6) is 0.804. The number of para-hydroxylation sites is 1. The van der Waals surface area contributed by atoms with E-state index < -0.39 is 11.7 Å². The van der Waals surface area contributed by atoms with Crippen molar-refractivity contribution in [2.45, 2.75) is 38.1 Å². The molecule has 0 amide bonds. The van der Waals surface area contributed by atoms with E-state index in [9.17, 15) is 13.2 Å². The molecule has 0 bridgehead atoms. The van der Waals surface area contributed by atoms with E-state index in [1.807, 2.05) is 38.1 Å². The molecule has 0 aliphatic carbocycles. The third-order valence-electron chi connectivity index (χ3n) is 4.15. The van der Waals surface area contributed by atoms with Gasteiger partial charge in [0.1, 0.15) is 11.4 Å². The van der Waals surface area contributed by atoms with E-state index in [0.717, 1.165) is 23.4 Å². The molecule has 1 aliphatic heterocycles.